The van der Waals surface area contributed by atoms with E-state index in [9.17, 15) is 0 Å². The standard InChI is InChI=1S/C18H18N2S/c1-13-6-5-9-15(10-13)18-20-16(12-21-18)11-17(19)14-7-3-2-4-8-14/h2-10,12,17H,11,19H2,1H3. The number of hydrogen-bond donors (Lipinski definition) is 1. The zero-order valence-corrected chi connectivity index (χ0v) is 12.8. The second-order valence-electron chi connectivity index (χ2n) is 5.23. The molecule has 1 unspecified atom stereocenters. The van der Waals surface area contributed by atoms with Gasteiger partial charge in [-0.25, -0.2) is 4.98 Å². The fourth-order valence-electron chi connectivity index (χ4n) is 2.35. The average molecular weight is 294 g/mol. The minimum absolute atomic E-state index is 0.00124. The molecule has 3 heteroatoms. The fourth-order valence-corrected chi connectivity index (χ4v) is 3.18. The highest BCUT2D eigenvalue weighted by Gasteiger charge is 2.10. The van der Waals surface area contributed by atoms with Crippen LogP contribution in [0.25, 0.3) is 10.6 Å². The molecule has 0 aliphatic carbocycles. The van der Waals surface area contributed by atoms with Gasteiger partial charge in [0.1, 0.15) is 5.01 Å². The normalized spacial score (nSPS) is 12.3. The SMILES string of the molecule is Cc1cccc(-c2nc(CC(N)c3ccccc3)cs2)c1. The Morgan fingerprint density at radius 3 is 2.67 bits per heavy atom. The van der Waals surface area contributed by atoms with Crippen molar-refractivity contribution in [2.75, 3.05) is 0 Å². The summed E-state index contributed by atoms with van der Waals surface area (Å²) in [6.07, 6.45) is 0.770. The second-order valence-corrected chi connectivity index (χ2v) is 6.09. The summed E-state index contributed by atoms with van der Waals surface area (Å²) in [5.74, 6) is 0. The summed E-state index contributed by atoms with van der Waals surface area (Å²) in [6.45, 7) is 2.10. The van der Waals surface area contributed by atoms with E-state index in [2.05, 4.69) is 48.7 Å². The number of nitrogens with two attached hydrogens (primary N) is 1. The lowest BCUT2D eigenvalue weighted by Crippen LogP contribution is -2.13. The minimum Gasteiger partial charge on any atom is -0.324 e. The molecule has 2 nitrogen and oxygen atoms in total. The van der Waals surface area contributed by atoms with Crippen molar-refractivity contribution < 1.29 is 0 Å². The lowest BCUT2D eigenvalue weighted by molar-refractivity contribution is 0.710. The molecule has 0 aliphatic rings. The lowest BCUT2D eigenvalue weighted by Gasteiger charge is -2.09. The predicted molar refractivity (Wildman–Crippen MR) is 89.4 cm³/mol. The van der Waals surface area contributed by atoms with Crippen LogP contribution in [0, 0.1) is 6.92 Å². The van der Waals surface area contributed by atoms with Crippen molar-refractivity contribution >= 4 is 11.3 Å². The number of thiazole rings is 1. The molecule has 0 spiro atoms. The number of benzene rings is 2. The Morgan fingerprint density at radius 1 is 1.10 bits per heavy atom. The van der Waals surface area contributed by atoms with Crippen molar-refractivity contribution in [1.29, 1.82) is 0 Å². The first kappa shape index (κ1) is 14.0. The zero-order valence-electron chi connectivity index (χ0n) is 12.0. The Bertz CT molecular complexity index is 719. The largest absolute Gasteiger partial charge is 0.324 e. The van der Waals surface area contributed by atoms with Gasteiger partial charge in [0.15, 0.2) is 0 Å². The van der Waals surface area contributed by atoms with Crippen LogP contribution in [0.2, 0.25) is 0 Å². The van der Waals surface area contributed by atoms with Gasteiger partial charge in [0.05, 0.1) is 5.69 Å². The van der Waals surface area contributed by atoms with Gasteiger partial charge in [-0.1, -0.05) is 54.1 Å². The van der Waals surface area contributed by atoms with Crippen LogP contribution < -0.4 is 5.73 Å². The summed E-state index contributed by atoms with van der Waals surface area (Å²) in [4.78, 5) is 4.73. The van der Waals surface area contributed by atoms with Crippen molar-refractivity contribution in [3.05, 3.63) is 76.8 Å². The monoisotopic (exact) mass is 294 g/mol. The van der Waals surface area contributed by atoms with E-state index in [-0.39, 0.29) is 6.04 Å². The van der Waals surface area contributed by atoms with Gasteiger partial charge in [0.25, 0.3) is 0 Å². The molecule has 0 bridgehead atoms. The molecule has 2 N–H and O–H groups in total. The summed E-state index contributed by atoms with van der Waals surface area (Å²) in [6, 6.07) is 18.6. The van der Waals surface area contributed by atoms with Gasteiger partial charge >= 0.3 is 0 Å². The number of hydrogen-bond acceptors (Lipinski definition) is 3. The average Bonchev–Trinajstić information content (AvgIpc) is 2.97. The highest BCUT2D eigenvalue weighted by molar-refractivity contribution is 7.13. The van der Waals surface area contributed by atoms with Crippen LogP contribution in [0.1, 0.15) is 22.9 Å². The Hall–Kier alpha value is -1.97. The second kappa shape index (κ2) is 6.20. The third-order valence-corrected chi connectivity index (χ3v) is 4.41. The van der Waals surface area contributed by atoms with Gasteiger partial charge in [-0.3, -0.25) is 0 Å². The lowest BCUT2D eigenvalue weighted by atomic mass is 10.0. The molecule has 0 fully saturated rings. The molecule has 0 aliphatic heterocycles. The Labute approximate surface area is 129 Å². The molecular formula is C18H18N2S. The summed E-state index contributed by atoms with van der Waals surface area (Å²) in [5.41, 5.74) is 10.9. The first-order valence-electron chi connectivity index (χ1n) is 7.04. The number of rotatable bonds is 4. The number of aryl methyl sites for hydroxylation is 1. The van der Waals surface area contributed by atoms with E-state index in [1.165, 1.54) is 11.1 Å². The summed E-state index contributed by atoms with van der Waals surface area (Å²) in [7, 11) is 0. The van der Waals surface area contributed by atoms with Crippen molar-refractivity contribution in [1.82, 2.24) is 4.98 Å². The molecule has 0 saturated carbocycles. The molecule has 0 saturated heterocycles. The van der Waals surface area contributed by atoms with Crippen LogP contribution in [-0.4, -0.2) is 4.98 Å². The summed E-state index contributed by atoms with van der Waals surface area (Å²) in [5, 5.41) is 3.18. The van der Waals surface area contributed by atoms with Crippen LogP contribution in [0.3, 0.4) is 0 Å². The molecule has 3 aromatic rings. The van der Waals surface area contributed by atoms with Crippen molar-refractivity contribution in [2.24, 2.45) is 5.73 Å². The highest BCUT2D eigenvalue weighted by Crippen LogP contribution is 2.26. The summed E-state index contributed by atoms with van der Waals surface area (Å²) >= 11 is 1.68. The molecule has 1 aromatic heterocycles. The molecule has 106 valence electrons. The van der Waals surface area contributed by atoms with E-state index >= 15 is 0 Å². The molecular weight excluding hydrogens is 276 g/mol. The van der Waals surface area contributed by atoms with Gasteiger partial charge in [0, 0.05) is 23.4 Å². The zero-order chi connectivity index (χ0) is 14.7. The van der Waals surface area contributed by atoms with Gasteiger partial charge in [-0.2, -0.15) is 0 Å². The van der Waals surface area contributed by atoms with Crippen LogP contribution in [0.5, 0.6) is 0 Å². The fraction of sp³-hybridized carbons (Fsp3) is 0.167. The van der Waals surface area contributed by atoms with E-state index in [1.54, 1.807) is 11.3 Å². The van der Waals surface area contributed by atoms with E-state index in [0.29, 0.717) is 0 Å². The first-order chi connectivity index (χ1) is 10.2. The van der Waals surface area contributed by atoms with E-state index in [0.717, 1.165) is 22.7 Å². The topological polar surface area (TPSA) is 38.9 Å². The van der Waals surface area contributed by atoms with Gasteiger partial charge in [0.2, 0.25) is 0 Å². The molecule has 0 amide bonds. The van der Waals surface area contributed by atoms with Crippen molar-refractivity contribution in [3.63, 3.8) is 0 Å². The summed E-state index contributed by atoms with van der Waals surface area (Å²) < 4.78 is 0. The molecule has 2 aromatic carbocycles. The molecule has 21 heavy (non-hydrogen) atoms. The quantitative estimate of drug-likeness (QED) is 0.776. The third kappa shape index (κ3) is 3.38. The van der Waals surface area contributed by atoms with Crippen LogP contribution >= 0.6 is 11.3 Å². The highest BCUT2D eigenvalue weighted by atomic mass is 32.1. The Balaban J connectivity index is 1.76. The minimum atomic E-state index is -0.00124. The van der Waals surface area contributed by atoms with Crippen LogP contribution in [-0.2, 0) is 6.42 Å². The number of aromatic nitrogens is 1. The maximum atomic E-state index is 6.26. The van der Waals surface area contributed by atoms with Gasteiger partial charge in [-0.05, 0) is 18.6 Å². The molecule has 3 rings (SSSR count). The predicted octanol–water partition coefficient (Wildman–Crippen LogP) is 4.36. The molecule has 1 atom stereocenters. The Kier molecular flexibility index (Phi) is 4.13. The molecule has 0 radical (unpaired) electrons. The van der Waals surface area contributed by atoms with E-state index in [4.69, 9.17) is 10.7 Å². The van der Waals surface area contributed by atoms with E-state index < -0.39 is 0 Å². The first-order valence-corrected chi connectivity index (χ1v) is 7.92. The van der Waals surface area contributed by atoms with Gasteiger partial charge < -0.3 is 5.73 Å². The Morgan fingerprint density at radius 2 is 1.90 bits per heavy atom. The third-order valence-electron chi connectivity index (χ3n) is 3.47. The van der Waals surface area contributed by atoms with Crippen LogP contribution in [0.4, 0.5) is 0 Å². The van der Waals surface area contributed by atoms with Gasteiger partial charge in [-0.15, -0.1) is 11.3 Å². The number of nitrogens with zero attached hydrogens (tertiary/aromatic N) is 1. The van der Waals surface area contributed by atoms with E-state index in [1.807, 2.05) is 18.2 Å². The van der Waals surface area contributed by atoms with Crippen molar-refractivity contribution in [3.8, 4) is 10.6 Å². The smallest absolute Gasteiger partial charge is 0.123 e. The van der Waals surface area contributed by atoms with Crippen LogP contribution in [0.15, 0.2) is 60.0 Å². The van der Waals surface area contributed by atoms with Crippen molar-refractivity contribution in [2.45, 2.75) is 19.4 Å². The molecule has 1 heterocycles. The maximum absolute atomic E-state index is 6.26. The maximum Gasteiger partial charge on any atom is 0.123 e.